The zero-order valence-electron chi connectivity index (χ0n) is 82.2. The minimum Gasteiger partial charge on any atom is -0.381 e. The van der Waals surface area contributed by atoms with Crippen molar-refractivity contribution in [3.05, 3.63) is 214 Å². The highest BCUT2D eigenvalue weighted by Gasteiger charge is 2.45. The summed E-state index contributed by atoms with van der Waals surface area (Å²) in [5.74, 6) is 4.06. The lowest BCUT2D eigenvalue weighted by atomic mass is 9.81. The number of alkyl halides is 2. The summed E-state index contributed by atoms with van der Waals surface area (Å²) in [5.41, 5.74) is 11.0. The number of halogens is 5. The zero-order valence-corrected chi connectivity index (χ0v) is 83.0. The predicted molar refractivity (Wildman–Crippen MR) is 530 cm³/mol. The van der Waals surface area contributed by atoms with Crippen molar-refractivity contribution in [2.45, 2.75) is 199 Å². The van der Waals surface area contributed by atoms with Gasteiger partial charge in [-0.25, -0.2) is 61.8 Å². The number of amides is 4. The van der Waals surface area contributed by atoms with Gasteiger partial charge in [-0.1, -0.05) is 37.3 Å². The van der Waals surface area contributed by atoms with Crippen molar-refractivity contribution in [3.8, 4) is 72.8 Å². The zero-order chi connectivity index (χ0) is 99.4. The van der Waals surface area contributed by atoms with E-state index in [1.165, 1.54) is 35.0 Å². The Hall–Kier alpha value is -13.3. The minimum absolute atomic E-state index is 0.0371. The number of hydrogen-bond donors (Lipinski definition) is 0. The molecule has 30 nitrogen and oxygen atoms in total. The number of imidazole rings is 5. The van der Waals surface area contributed by atoms with E-state index in [-0.39, 0.29) is 87.9 Å². The number of aromatic nitrogens is 17. The molecule has 5 saturated heterocycles. The van der Waals surface area contributed by atoms with Gasteiger partial charge < -0.3 is 61.6 Å². The first-order valence-corrected chi connectivity index (χ1v) is 50.1. The maximum Gasteiger partial charge on any atom is 0.266 e. The van der Waals surface area contributed by atoms with Crippen molar-refractivity contribution in [2.24, 2.45) is 7.05 Å². The van der Waals surface area contributed by atoms with Crippen molar-refractivity contribution in [1.82, 2.24) is 102 Å². The topological polar surface area (TPSA) is 299 Å². The van der Waals surface area contributed by atoms with Gasteiger partial charge in [0, 0.05) is 223 Å². The van der Waals surface area contributed by atoms with Crippen LogP contribution in [0.25, 0.3) is 116 Å². The fourth-order valence-electron chi connectivity index (χ4n) is 22.3. The average Bonchev–Trinajstić information content (AvgIpc) is 1.59. The molecule has 4 unspecified atom stereocenters. The number of fused-ring (bicyclic) bond motifs is 8. The molecule has 4 amide bonds. The lowest BCUT2D eigenvalue weighted by Crippen LogP contribution is -2.42. The molecule has 143 heavy (non-hydrogen) atoms. The van der Waals surface area contributed by atoms with Gasteiger partial charge in [0.2, 0.25) is 23.6 Å². The Kier molecular flexibility index (Phi) is 26.2. The van der Waals surface area contributed by atoms with Gasteiger partial charge in [-0.2, -0.15) is 5.10 Å². The summed E-state index contributed by atoms with van der Waals surface area (Å²) >= 11 is 1.65. The van der Waals surface area contributed by atoms with Crippen LogP contribution in [-0.2, 0) is 81.5 Å². The number of carbonyl (C=O) groups is 4. The summed E-state index contributed by atoms with van der Waals surface area (Å²) in [5, 5.41) is 11.0. The second-order valence-electron chi connectivity index (χ2n) is 39.5. The highest BCUT2D eigenvalue weighted by molar-refractivity contribution is 7.15. The van der Waals surface area contributed by atoms with Gasteiger partial charge in [-0.3, -0.25) is 38.4 Å². The molecule has 742 valence electrons. The Morgan fingerprint density at radius 2 is 0.888 bits per heavy atom. The Bertz CT molecular complexity index is 7480. The molecule has 0 radical (unpaired) electrons. The third-order valence-corrected chi connectivity index (χ3v) is 31.1. The normalized spacial score (nSPS) is 19.8. The third-order valence-electron chi connectivity index (χ3n) is 30.2. The van der Waals surface area contributed by atoms with Crippen molar-refractivity contribution in [2.75, 3.05) is 94.3 Å². The van der Waals surface area contributed by atoms with E-state index in [1.807, 2.05) is 97.9 Å². The fourth-order valence-corrected chi connectivity index (χ4v) is 23.1. The number of ether oxygens (including phenoxy) is 5. The summed E-state index contributed by atoms with van der Waals surface area (Å²) in [6.45, 7) is 21.9. The van der Waals surface area contributed by atoms with E-state index in [1.54, 1.807) is 91.3 Å². The van der Waals surface area contributed by atoms with Crippen molar-refractivity contribution in [3.63, 3.8) is 0 Å². The first-order valence-electron chi connectivity index (χ1n) is 49.3. The summed E-state index contributed by atoms with van der Waals surface area (Å²) in [7, 11) is 8.86. The summed E-state index contributed by atoms with van der Waals surface area (Å²) in [6.07, 6.45) is 18.3. The number of rotatable bonds is 13. The van der Waals surface area contributed by atoms with E-state index >= 15 is 13.2 Å². The van der Waals surface area contributed by atoms with Gasteiger partial charge in [0.15, 0.2) is 0 Å². The molecule has 0 saturated carbocycles. The molecular weight excluding hydrogens is 1850 g/mol. The molecule has 9 aliphatic heterocycles. The molecule has 11 aromatic heterocycles. The van der Waals surface area contributed by atoms with Crippen LogP contribution in [0.1, 0.15) is 221 Å². The van der Waals surface area contributed by atoms with Crippen LogP contribution in [0.2, 0.25) is 0 Å². The molecule has 20 heterocycles. The highest BCUT2D eigenvalue weighted by atomic mass is 32.1. The quantitative estimate of drug-likeness (QED) is 0.0968. The Morgan fingerprint density at radius 1 is 0.434 bits per heavy atom. The van der Waals surface area contributed by atoms with E-state index in [2.05, 4.69) is 71.4 Å². The Morgan fingerprint density at radius 3 is 1.38 bits per heavy atom. The molecule has 4 aromatic carbocycles. The molecule has 0 bridgehead atoms. The molecular formula is C107H114F5N21O9S. The minimum atomic E-state index is -2.86. The van der Waals surface area contributed by atoms with Crippen LogP contribution in [0.5, 0.6) is 0 Å². The maximum atomic E-state index is 15.8. The molecule has 5 fully saturated rings. The lowest BCUT2D eigenvalue weighted by molar-refractivity contribution is -0.136. The number of carbonyl (C=O) groups excluding carboxylic acids is 4. The molecule has 9 aliphatic rings. The van der Waals surface area contributed by atoms with Gasteiger partial charge in [0.05, 0.1) is 98.5 Å². The van der Waals surface area contributed by atoms with Crippen LogP contribution >= 0.6 is 11.3 Å². The Labute approximate surface area is 827 Å². The number of thiazole rings is 1. The molecule has 0 N–H and O–H groups in total. The van der Waals surface area contributed by atoms with Crippen LogP contribution in [0.15, 0.2) is 128 Å². The molecule has 0 spiro atoms. The number of pyridine rings is 4. The van der Waals surface area contributed by atoms with Gasteiger partial charge in [-0.05, 0) is 177 Å². The van der Waals surface area contributed by atoms with Crippen LogP contribution in [-0.4, -0.2) is 220 Å². The Balaban J connectivity index is 0.000000113. The number of nitrogens with zero attached hydrogens (tertiary/aromatic N) is 21. The van der Waals surface area contributed by atoms with E-state index in [0.717, 1.165) is 178 Å². The number of hydrogen-bond acceptors (Lipinski definition) is 21. The van der Waals surface area contributed by atoms with Crippen molar-refractivity contribution in [1.29, 1.82) is 0 Å². The van der Waals surface area contributed by atoms with E-state index in [4.69, 9.17) is 53.6 Å². The van der Waals surface area contributed by atoms with Gasteiger partial charge in [0.1, 0.15) is 88.4 Å². The summed E-state index contributed by atoms with van der Waals surface area (Å²) in [6, 6.07) is 23.2. The molecule has 24 rings (SSSR count). The second-order valence-corrected chi connectivity index (χ2v) is 40.7. The first kappa shape index (κ1) is 95.9. The summed E-state index contributed by atoms with van der Waals surface area (Å²) < 4.78 is 115. The predicted octanol–water partition coefficient (Wildman–Crippen LogP) is 18.9. The molecule has 4 atom stereocenters. The van der Waals surface area contributed by atoms with Crippen LogP contribution in [0.3, 0.4) is 0 Å². The van der Waals surface area contributed by atoms with E-state index in [0.29, 0.717) is 146 Å². The van der Waals surface area contributed by atoms with E-state index in [9.17, 15) is 28.0 Å². The average molecular weight is 1970 g/mol. The monoisotopic (exact) mass is 1960 g/mol. The molecule has 36 heteroatoms. The highest BCUT2D eigenvalue weighted by Crippen LogP contribution is 2.49. The number of likely N-dealkylation sites (N-methyl/N-ethyl adjacent to an activating group) is 4. The number of benzene rings is 4. The second kappa shape index (κ2) is 39.1. The SMILES string of the molecule is CC1C(=O)N(C)Cc2c(-c3c(F)ccc4cc(C5CCOCC5)ncc34)nc(C3CCOCC3)n21.CC1C(=O)N(C)Cc2c(-c3c(F)ccc4nc(-c5ccn(C)n5)c(C(F)F)cc34)nc(C3(C)CCOCC3)n21.Cc1cn(-c2cc3ccc(F)c(-c4nc(C5CCOCC5)n5c4CN(C)C(=O)C5C)c3cn2)cn1.Cc1ncc(-c2cc3cccc(-c4nc(C5CCOCC5)n5c4CN(C)C(=O)C5C)c3cn2)s1. The molecule has 15 aromatic rings. The standard InChI is InChI=1S/C28H29F3N6O2.C27H31FN4O3.C26H27FN6O2.C26H27N5O2S/c1-15-26(38)35(3)14-21-24(33-27(37(15)21)28(2)8-11-39-12-9-28)22-16-13-17(25(30)31)23(20-7-10-36(4)34-20)32-19(16)6-5-18(22)29;1-16-27(33)31(2)15-23-25(30-26(32(16)23)18-7-11-35-12-8-18)24-20-14-29-22(17-5-9-34-10-6-17)13-19(20)3-4-21(24)28;1-15-12-32(14-29-15)22-10-18-4-5-20(27)23(19(18)11-28-22)24-21-13-31(3)26(34)16(2)33(21)25(30-24)17-6-8-35-9-7-17;1-15-26(32)30(3)14-22-24(29-25(31(15)22)17-7-9-33-10-8-17)19-6-4-5-18-11-21(28-12-20(18)19)23-13-27-16(2)34-23/h5-7,10,13,15,25H,8-9,11-12,14H2,1-4H3;3-4,13-14,16-18H,5-12,15H2,1-2H3;4-5,10-12,14,16-17H,6-9,13H2,1-3H3;4-6,11-13,15,17H,7-10,14H2,1-3H3. The van der Waals surface area contributed by atoms with Crippen LogP contribution in [0, 0.1) is 31.3 Å². The van der Waals surface area contributed by atoms with E-state index < -0.39 is 29.7 Å². The van der Waals surface area contributed by atoms with Crippen LogP contribution < -0.4 is 0 Å². The maximum absolute atomic E-state index is 15.8. The van der Waals surface area contributed by atoms with Crippen LogP contribution in [0.4, 0.5) is 22.0 Å². The van der Waals surface area contributed by atoms with Crippen molar-refractivity contribution >= 4 is 78.2 Å². The largest absolute Gasteiger partial charge is 0.381 e. The summed E-state index contributed by atoms with van der Waals surface area (Å²) in [4.78, 5) is 107. The third kappa shape index (κ3) is 17.7. The van der Waals surface area contributed by atoms with Gasteiger partial charge in [-0.15, -0.1) is 11.3 Å². The van der Waals surface area contributed by atoms with Gasteiger partial charge >= 0.3 is 0 Å². The van der Waals surface area contributed by atoms with Gasteiger partial charge in [0.25, 0.3) is 6.43 Å². The molecule has 0 aliphatic carbocycles. The smallest absolute Gasteiger partial charge is 0.266 e. The lowest BCUT2D eigenvalue weighted by Gasteiger charge is -2.37. The first-order chi connectivity index (χ1) is 69.0. The fraction of sp³-hybridized carbons (Fsp3) is 0.430. The van der Waals surface area contributed by atoms with Crippen molar-refractivity contribution < 1.29 is 64.8 Å². The number of aryl methyl sites for hydroxylation is 3.